The zero-order valence-corrected chi connectivity index (χ0v) is 20.4. The molecule has 4 aromatic rings. The SMILES string of the molecule is Cc1nn(Cc2ccccc2Cl)c2sc(C(=O)N3CCC(NC(=O)c4ccccc4)CC3)cc12. The highest BCUT2D eigenvalue weighted by Crippen LogP contribution is 2.31. The van der Waals surface area contributed by atoms with Crippen LogP contribution in [-0.2, 0) is 6.54 Å². The Morgan fingerprint density at radius 1 is 1.09 bits per heavy atom. The van der Waals surface area contributed by atoms with E-state index in [9.17, 15) is 9.59 Å². The van der Waals surface area contributed by atoms with E-state index < -0.39 is 0 Å². The Kier molecular flexibility index (Phi) is 6.39. The van der Waals surface area contributed by atoms with Crippen LogP contribution in [0, 0.1) is 6.92 Å². The number of nitrogens with zero attached hydrogens (tertiary/aromatic N) is 3. The van der Waals surface area contributed by atoms with Crippen molar-refractivity contribution in [3.8, 4) is 0 Å². The largest absolute Gasteiger partial charge is 0.349 e. The average Bonchev–Trinajstić information content (AvgIpc) is 3.42. The second-order valence-electron chi connectivity index (χ2n) is 8.57. The molecule has 2 amide bonds. The number of likely N-dealkylation sites (tertiary alicyclic amines) is 1. The molecule has 8 heteroatoms. The van der Waals surface area contributed by atoms with Gasteiger partial charge in [0.1, 0.15) is 4.83 Å². The molecule has 1 aliphatic heterocycles. The van der Waals surface area contributed by atoms with Crippen LogP contribution in [0.5, 0.6) is 0 Å². The predicted octanol–water partition coefficient (Wildman–Crippen LogP) is 5.14. The predicted molar refractivity (Wildman–Crippen MR) is 136 cm³/mol. The first-order valence-corrected chi connectivity index (χ1v) is 12.5. The summed E-state index contributed by atoms with van der Waals surface area (Å²) in [6.07, 6.45) is 1.49. The normalized spacial score (nSPS) is 14.5. The molecule has 2 aromatic heterocycles. The van der Waals surface area contributed by atoms with Crippen LogP contribution in [0.1, 0.15) is 44.1 Å². The molecule has 1 saturated heterocycles. The monoisotopic (exact) mass is 492 g/mol. The van der Waals surface area contributed by atoms with E-state index in [4.69, 9.17) is 11.6 Å². The molecule has 0 unspecified atom stereocenters. The molecule has 0 bridgehead atoms. The summed E-state index contributed by atoms with van der Waals surface area (Å²) in [6.45, 7) is 3.77. The molecule has 0 aliphatic carbocycles. The van der Waals surface area contributed by atoms with Gasteiger partial charge in [0.2, 0.25) is 0 Å². The van der Waals surface area contributed by atoms with Crippen molar-refractivity contribution in [2.45, 2.75) is 32.4 Å². The molecule has 5 rings (SSSR count). The summed E-state index contributed by atoms with van der Waals surface area (Å²) in [5.74, 6) is -0.0221. The Labute approximate surface area is 207 Å². The second-order valence-corrected chi connectivity index (χ2v) is 10.0. The molecule has 1 aliphatic rings. The fraction of sp³-hybridized carbons (Fsp3) is 0.269. The van der Waals surface area contributed by atoms with E-state index in [1.54, 1.807) is 0 Å². The third-order valence-electron chi connectivity index (χ3n) is 6.25. The van der Waals surface area contributed by atoms with E-state index in [0.717, 1.165) is 39.2 Å². The van der Waals surface area contributed by atoms with E-state index in [1.165, 1.54) is 11.3 Å². The maximum atomic E-state index is 13.3. The van der Waals surface area contributed by atoms with Crippen LogP contribution < -0.4 is 5.32 Å². The third kappa shape index (κ3) is 4.58. The number of hydrogen-bond acceptors (Lipinski definition) is 4. The highest BCUT2D eigenvalue weighted by Gasteiger charge is 2.27. The van der Waals surface area contributed by atoms with E-state index >= 15 is 0 Å². The number of fused-ring (bicyclic) bond motifs is 1. The average molecular weight is 493 g/mol. The van der Waals surface area contributed by atoms with Crippen molar-refractivity contribution in [3.05, 3.63) is 87.4 Å². The highest BCUT2D eigenvalue weighted by molar-refractivity contribution is 7.20. The Balaban J connectivity index is 1.25. The van der Waals surface area contributed by atoms with Gasteiger partial charge in [-0.05, 0) is 49.6 Å². The van der Waals surface area contributed by atoms with Gasteiger partial charge in [0.05, 0.1) is 17.1 Å². The highest BCUT2D eigenvalue weighted by atomic mass is 35.5. The van der Waals surface area contributed by atoms with E-state index in [2.05, 4.69) is 10.4 Å². The second kappa shape index (κ2) is 9.60. The first-order chi connectivity index (χ1) is 16.5. The molecule has 0 radical (unpaired) electrons. The van der Waals surface area contributed by atoms with E-state index in [0.29, 0.717) is 30.2 Å². The van der Waals surface area contributed by atoms with Crippen LogP contribution in [0.15, 0.2) is 60.7 Å². The van der Waals surface area contributed by atoms with Crippen molar-refractivity contribution in [3.63, 3.8) is 0 Å². The van der Waals surface area contributed by atoms with Gasteiger partial charge in [-0.25, -0.2) is 0 Å². The fourth-order valence-corrected chi connectivity index (χ4v) is 5.68. The Bertz CT molecular complexity index is 1340. The first-order valence-electron chi connectivity index (χ1n) is 11.3. The number of amides is 2. The summed E-state index contributed by atoms with van der Waals surface area (Å²) in [5.41, 5.74) is 2.56. The Morgan fingerprint density at radius 3 is 2.53 bits per heavy atom. The number of piperidine rings is 1. The molecular weight excluding hydrogens is 468 g/mol. The van der Waals surface area contributed by atoms with Crippen molar-refractivity contribution in [1.82, 2.24) is 20.0 Å². The molecule has 0 spiro atoms. The smallest absolute Gasteiger partial charge is 0.264 e. The lowest BCUT2D eigenvalue weighted by molar-refractivity contribution is 0.0703. The van der Waals surface area contributed by atoms with Crippen molar-refractivity contribution < 1.29 is 9.59 Å². The van der Waals surface area contributed by atoms with Gasteiger partial charge in [-0.2, -0.15) is 5.10 Å². The summed E-state index contributed by atoms with van der Waals surface area (Å²) < 4.78 is 1.93. The topological polar surface area (TPSA) is 67.2 Å². The van der Waals surface area contributed by atoms with Crippen molar-refractivity contribution >= 4 is 45.0 Å². The number of benzene rings is 2. The van der Waals surface area contributed by atoms with E-state index in [-0.39, 0.29) is 17.9 Å². The van der Waals surface area contributed by atoms with Crippen molar-refractivity contribution in [1.29, 1.82) is 0 Å². The first kappa shape index (κ1) is 22.6. The lowest BCUT2D eigenvalue weighted by Crippen LogP contribution is -2.46. The van der Waals surface area contributed by atoms with Crippen LogP contribution in [0.3, 0.4) is 0 Å². The molecule has 34 heavy (non-hydrogen) atoms. The lowest BCUT2D eigenvalue weighted by Gasteiger charge is -2.32. The Hall–Kier alpha value is -3.16. The number of carbonyl (C=O) groups excluding carboxylic acids is 2. The number of carbonyl (C=O) groups is 2. The molecule has 6 nitrogen and oxygen atoms in total. The van der Waals surface area contributed by atoms with Crippen LogP contribution >= 0.6 is 22.9 Å². The summed E-state index contributed by atoms with van der Waals surface area (Å²) in [7, 11) is 0. The number of aromatic nitrogens is 2. The molecular formula is C26H25ClN4O2S. The molecule has 174 valence electrons. The van der Waals surface area contributed by atoms with Crippen LogP contribution in [-0.4, -0.2) is 45.6 Å². The van der Waals surface area contributed by atoms with Gasteiger partial charge in [-0.1, -0.05) is 48.0 Å². The minimum Gasteiger partial charge on any atom is -0.349 e. The molecule has 1 N–H and O–H groups in total. The van der Waals surface area contributed by atoms with Crippen molar-refractivity contribution in [2.24, 2.45) is 0 Å². The molecule has 1 fully saturated rings. The molecule has 0 atom stereocenters. The number of thiophene rings is 1. The molecule has 3 heterocycles. The quantitative estimate of drug-likeness (QED) is 0.419. The molecule has 0 saturated carbocycles. The molecule has 2 aromatic carbocycles. The maximum Gasteiger partial charge on any atom is 0.264 e. The summed E-state index contributed by atoms with van der Waals surface area (Å²) in [5, 5.41) is 9.47. The van der Waals surface area contributed by atoms with Gasteiger partial charge in [0, 0.05) is 35.1 Å². The van der Waals surface area contributed by atoms with E-state index in [1.807, 2.05) is 77.2 Å². The van der Waals surface area contributed by atoms with Gasteiger partial charge in [0.25, 0.3) is 11.8 Å². The lowest BCUT2D eigenvalue weighted by atomic mass is 10.0. The minimum absolute atomic E-state index is 0.0396. The Morgan fingerprint density at radius 2 is 1.79 bits per heavy atom. The zero-order chi connectivity index (χ0) is 23.7. The third-order valence-corrected chi connectivity index (χ3v) is 7.75. The number of rotatable bonds is 5. The number of halogens is 1. The van der Waals surface area contributed by atoms with Gasteiger partial charge < -0.3 is 10.2 Å². The fourth-order valence-electron chi connectivity index (χ4n) is 4.35. The summed E-state index contributed by atoms with van der Waals surface area (Å²) in [4.78, 5) is 29.3. The van der Waals surface area contributed by atoms with Crippen LogP contribution in [0.25, 0.3) is 10.2 Å². The minimum atomic E-state index is -0.0616. The summed E-state index contributed by atoms with van der Waals surface area (Å²) >= 11 is 7.82. The summed E-state index contributed by atoms with van der Waals surface area (Å²) in [6, 6.07) is 19.0. The van der Waals surface area contributed by atoms with Crippen LogP contribution in [0.4, 0.5) is 0 Å². The van der Waals surface area contributed by atoms with Gasteiger partial charge in [0.15, 0.2) is 0 Å². The van der Waals surface area contributed by atoms with Gasteiger partial charge in [-0.15, -0.1) is 11.3 Å². The number of hydrogen-bond donors (Lipinski definition) is 1. The number of aryl methyl sites for hydroxylation is 1. The van der Waals surface area contributed by atoms with Crippen LogP contribution in [0.2, 0.25) is 5.02 Å². The van der Waals surface area contributed by atoms with Crippen molar-refractivity contribution in [2.75, 3.05) is 13.1 Å². The number of nitrogens with one attached hydrogen (secondary N) is 1. The van der Waals surface area contributed by atoms with Gasteiger partial charge in [-0.3, -0.25) is 14.3 Å². The maximum absolute atomic E-state index is 13.3. The zero-order valence-electron chi connectivity index (χ0n) is 18.8. The standard InChI is InChI=1S/C26H25ClN4O2S/c1-17-21-15-23(34-26(21)31(29-17)16-19-9-5-6-10-22(19)27)25(33)30-13-11-20(12-14-30)28-24(32)18-7-3-2-4-8-18/h2-10,15,20H,11-14,16H2,1H3,(H,28,32). The van der Waals surface area contributed by atoms with Gasteiger partial charge >= 0.3 is 0 Å².